The number of nitrogens with one attached hydrogen (secondary N) is 2. The first-order chi connectivity index (χ1) is 5.33. The van der Waals surface area contributed by atoms with E-state index in [1.54, 1.807) is 0 Å². The van der Waals surface area contributed by atoms with E-state index in [0.717, 1.165) is 5.69 Å². The maximum atomic E-state index is 5.14. The fourth-order valence-electron chi connectivity index (χ4n) is 0.689. The summed E-state index contributed by atoms with van der Waals surface area (Å²) >= 11 is 2.74. The van der Waals surface area contributed by atoms with Crippen molar-refractivity contribution < 1.29 is 0 Å². The molecule has 58 valence electrons. The Bertz CT molecular complexity index is 235. The molecule has 0 radical (unpaired) electrons. The minimum atomic E-state index is 0.705. The Balaban J connectivity index is 2.58. The number of para-hydroxylation sites is 1. The Hall–Kier alpha value is -0.831. The van der Waals surface area contributed by atoms with E-state index in [0.29, 0.717) is 4.67 Å². The summed E-state index contributed by atoms with van der Waals surface area (Å²) in [6.07, 6.45) is 0. The number of anilines is 1. The van der Waals surface area contributed by atoms with Crippen molar-refractivity contribution in [3.63, 3.8) is 0 Å². The Kier molecular flexibility index (Phi) is 3.11. The molecule has 11 heavy (non-hydrogen) atoms. The summed E-state index contributed by atoms with van der Waals surface area (Å²) in [6, 6.07) is 9.77. The van der Waals surface area contributed by atoms with Crippen molar-refractivity contribution in [2.75, 3.05) is 5.32 Å². The van der Waals surface area contributed by atoms with Gasteiger partial charge in [-0.2, -0.15) is 0 Å². The molecule has 0 spiro atoms. The summed E-state index contributed by atoms with van der Waals surface area (Å²) in [6.45, 7) is 0. The summed E-state index contributed by atoms with van der Waals surface area (Å²) in [7, 11) is 0. The van der Waals surface area contributed by atoms with Crippen LogP contribution in [0.4, 0.5) is 5.69 Å². The zero-order valence-electron chi connectivity index (χ0n) is 5.87. The molecule has 4 heteroatoms. The molecule has 0 bridgehead atoms. The van der Waals surface area contributed by atoms with Gasteiger partial charge in [-0.05, 0) is 0 Å². The zero-order valence-corrected chi connectivity index (χ0v) is 7.59. The number of benzene rings is 1. The molecule has 0 aliphatic heterocycles. The van der Waals surface area contributed by atoms with E-state index in [1.165, 1.54) is 0 Å². The van der Waals surface area contributed by atoms with Crippen molar-refractivity contribution >= 4 is 25.9 Å². The topological polar surface area (TPSA) is 50.1 Å². The van der Waals surface area contributed by atoms with Crippen molar-refractivity contribution in [1.29, 1.82) is 0 Å². The second-order valence-corrected chi connectivity index (χ2v) is 2.82. The van der Waals surface area contributed by atoms with Crippen LogP contribution in [0.3, 0.4) is 0 Å². The minimum absolute atomic E-state index is 0.705. The van der Waals surface area contributed by atoms with Gasteiger partial charge in [-0.3, -0.25) is 0 Å². The Labute approximate surface area is 73.3 Å². The molecule has 0 unspecified atom stereocenters. The molecule has 0 heterocycles. The quantitative estimate of drug-likeness (QED) is 0.371. The second kappa shape index (κ2) is 4.13. The zero-order chi connectivity index (χ0) is 8.10. The molecule has 0 aliphatic carbocycles. The molecule has 0 saturated heterocycles. The number of nitrogens with two attached hydrogens (primary N) is 1. The van der Waals surface area contributed by atoms with Crippen molar-refractivity contribution in [3.8, 4) is 0 Å². The molecule has 0 saturated carbocycles. The average Bonchev–Trinajstić information content (AvgIpc) is 2.06. The van der Waals surface area contributed by atoms with E-state index in [-0.39, 0.29) is 0 Å². The van der Waals surface area contributed by atoms with Crippen LogP contribution in [0.5, 0.6) is 0 Å². The van der Waals surface area contributed by atoms with Crippen LogP contribution in [0.2, 0.25) is 0 Å². The maximum absolute atomic E-state index is 5.14. The molecule has 0 aliphatic rings. The Morgan fingerprint density at radius 2 is 1.91 bits per heavy atom. The van der Waals surface area contributed by atoms with Crippen LogP contribution in [0.15, 0.2) is 30.3 Å². The van der Waals surface area contributed by atoms with E-state index in [2.05, 4.69) is 26.3 Å². The summed E-state index contributed by atoms with van der Waals surface area (Å²) < 4.78 is 0.705. The third-order valence-corrected chi connectivity index (χ3v) is 1.62. The van der Waals surface area contributed by atoms with Crippen LogP contribution in [-0.2, 0) is 0 Å². The molecule has 0 atom stereocenters. The Morgan fingerprint density at radius 1 is 1.27 bits per heavy atom. The SMILES string of the molecule is NNC(=[Se])Nc1ccccc1. The predicted octanol–water partition coefficient (Wildman–Crippen LogP) is -0.182. The Morgan fingerprint density at radius 3 is 2.45 bits per heavy atom. The first kappa shape index (κ1) is 8.27. The molecule has 1 aromatic carbocycles. The molecular formula is C7H9N3Se. The van der Waals surface area contributed by atoms with E-state index < -0.39 is 0 Å². The van der Waals surface area contributed by atoms with Gasteiger partial charge in [0.25, 0.3) is 0 Å². The van der Waals surface area contributed by atoms with Gasteiger partial charge in [0, 0.05) is 0 Å². The molecule has 1 aromatic rings. The van der Waals surface area contributed by atoms with Gasteiger partial charge in [0.05, 0.1) is 0 Å². The van der Waals surface area contributed by atoms with Gasteiger partial charge >= 0.3 is 72.8 Å². The van der Waals surface area contributed by atoms with Gasteiger partial charge in [0.1, 0.15) is 0 Å². The molecule has 1 rings (SSSR count). The fourth-order valence-corrected chi connectivity index (χ4v) is 0.936. The van der Waals surface area contributed by atoms with Crippen molar-refractivity contribution in [3.05, 3.63) is 30.3 Å². The summed E-state index contributed by atoms with van der Waals surface area (Å²) in [5.41, 5.74) is 3.46. The van der Waals surface area contributed by atoms with Gasteiger partial charge in [-0.15, -0.1) is 0 Å². The number of hydrazine groups is 1. The van der Waals surface area contributed by atoms with E-state index in [9.17, 15) is 0 Å². The van der Waals surface area contributed by atoms with Crippen LogP contribution < -0.4 is 16.6 Å². The van der Waals surface area contributed by atoms with Crippen LogP contribution >= 0.6 is 0 Å². The van der Waals surface area contributed by atoms with Gasteiger partial charge in [0.2, 0.25) is 0 Å². The van der Waals surface area contributed by atoms with E-state index in [1.807, 2.05) is 30.3 Å². The molecule has 0 amide bonds. The first-order valence-corrected chi connectivity index (χ1v) is 4.01. The summed E-state index contributed by atoms with van der Waals surface area (Å²) in [5, 5.41) is 3.02. The van der Waals surface area contributed by atoms with Gasteiger partial charge in [0.15, 0.2) is 0 Å². The molecular weight excluding hydrogens is 205 g/mol. The van der Waals surface area contributed by atoms with Crippen molar-refractivity contribution in [2.45, 2.75) is 0 Å². The molecule has 4 N–H and O–H groups in total. The molecule has 0 aromatic heterocycles. The van der Waals surface area contributed by atoms with Crippen molar-refractivity contribution in [1.82, 2.24) is 5.43 Å². The van der Waals surface area contributed by atoms with Gasteiger partial charge < -0.3 is 0 Å². The first-order valence-electron chi connectivity index (χ1n) is 3.15. The number of hydrogen-bond donors (Lipinski definition) is 3. The van der Waals surface area contributed by atoms with E-state index >= 15 is 0 Å². The fraction of sp³-hybridized carbons (Fsp3) is 0. The average molecular weight is 214 g/mol. The normalized spacial score (nSPS) is 8.82. The van der Waals surface area contributed by atoms with Gasteiger partial charge in [-0.25, -0.2) is 0 Å². The van der Waals surface area contributed by atoms with Crippen LogP contribution in [0.1, 0.15) is 0 Å². The molecule has 3 nitrogen and oxygen atoms in total. The van der Waals surface area contributed by atoms with Crippen LogP contribution in [0, 0.1) is 0 Å². The van der Waals surface area contributed by atoms with Gasteiger partial charge in [-0.1, -0.05) is 0 Å². The number of hydrogen-bond acceptors (Lipinski definition) is 3. The van der Waals surface area contributed by atoms with E-state index in [4.69, 9.17) is 5.84 Å². The van der Waals surface area contributed by atoms with Crippen LogP contribution in [-0.4, -0.2) is 20.2 Å². The van der Waals surface area contributed by atoms with Crippen LogP contribution in [0.25, 0.3) is 0 Å². The molecule has 0 fully saturated rings. The monoisotopic (exact) mass is 215 g/mol. The van der Waals surface area contributed by atoms with Crippen molar-refractivity contribution in [2.24, 2.45) is 5.84 Å². The standard InChI is InChI=1S/C7H9N3Se/c8-10-7(11)9-6-4-2-1-3-5-6/h1-5H,8H2,(H2,9,10,11). The third kappa shape index (κ3) is 2.72. The number of rotatable bonds is 3. The predicted molar refractivity (Wildman–Crippen MR) is 48.1 cm³/mol. The summed E-state index contributed by atoms with van der Waals surface area (Å²) in [4.78, 5) is 0. The third-order valence-electron chi connectivity index (χ3n) is 1.16. The summed E-state index contributed by atoms with van der Waals surface area (Å²) in [5.74, 6) is 5.14. The second-order valence-electron chi connectivity index (χ2n) is 1.96.